The fourth-order valence-corrected chi connectivity index (χ4v) is 6.04. The molecule has 6 nitrogen and oxygen atoms in total. The summed E-state index contributed by atoms with van der Waals surface area (Å²) in [5.74, 6) is 0.718. The molecule has 0 aliphatic heterocycles. The molecule has 0 aromatic heterocycles. The second-order valence-electron chi connectivity index (χ2n) is 8.48. The lowest BCUT2D eigenvalue weighted by atomic mass is 10.1. The van der Waals surface area contributed by atoms with Crippen molar-refractivity contribution in [2.45, 2.75) is 54.4 Å². The average molecular weight is 500 g/mol. The summed E-state index contributed by atoms with van der Waals surface area (Å²) in [5, 5.41) is 21.2. The van der Waals surface area contributed by atoms with E-state index in [9.17, 15) is 18.6 Å². The van der Waals surface area contributed by atoms with E-state index in [-0.39, 0.29) is 28.3 Å². The van der Waals surface area contributed by atoms with Gasteiger partial charge in [0.1, 0.15) is 11.5 Å². The lowest BCUT2D eigenvalue weighted by Gasteiger charge is -2.18. The van der Waals surface area contributed by atoms with Gasteiger partial charge in [0.15, 0.2) is 0 Å². The number of aliphatic hydroxyl groups is 1. The van der Waals surface area contributed by atoms with Crippen molar-refractivity contribution in [3.8, 4) is 11.5 Å². The van der Waals surface area contributed by atoms with Gasteiger partial charge in [-0.1, -0.05) is 49.8 Å². The van der Waals surface area contributed by atoms with Crippen LogP contribution in [0.1, 0.15) is 38.5 Å². The van der Waals surface area contributed by atoms with Gasteiger partial charge in [-0.05, 0) is 43.9 Å². The van der Waals surface area contributed by atoms with Crippen molar-refractivity contribution >= 4 is 38.2 Å². The number of aliphatic hydroxyl groups excluding tert-OH is 1. The number of sulfonamides is 1. The van der Waals surface area contributed by atoms with Crippen molar-refractivity contribution in [1.29, 1.82) is 0 Å². The number of phenols is 1. The van der Waals surface area contributed by atoms with E-state index in [2.05, 4.69) is 11.3 Å². The number of rotatable bonds is 8. The van der Waals surface area contributed by atoms with Gasteiger partial charge < -0.3 is 14.9 Å². The van der Waals surface area contributed by atoms with E-state index >= 15 is 0 Å². The first-order chi connectivity index (χ1) is 16.3. The zero-order valence-corrected chi connectivity index (χ0v) is 20.5. The number of benzene rings is 3. The molecule has 0 amide bonds. The Balaban J connectivity index is 1.63. The molecule has 1 saturated carbocycles. The molecule has 0 bridgehead atoms. The predicted octanol–water partition coefficient (Wildman–Crippen LogP) is 6.61. The molecule has 3 aromatic carbocycles. The predicted molar refractivity (Wildman–Crippen MR) is 137 cm³/mol. The molecule has 180 valence electrons. The van der Waals surface area contributed by atoms with Gasteiger partial charge >= 0.3 is 0 Å². The van der Waals surface area contributed by atoms with Crippen LogP contribution in [-0.4, -0.2) is 30.5 Å². The fraction of sp³-hybridized carbons (Fsp3) is 0.308. The maximum atomic E-state index is 13.3. The summed E-state index contributed by atoms with van der Waals surface area (Å²) in [6.45, 7) is 3.47. The van der Waals surface area contributed by atoms with Crippen LogP contribution >= 0.6 is 11.8 Å². The van der Waals surface area contributed by atoms with Crippen LogP contribution < -0.4 is 9.46 Å². The molecule has 8 heteroatoms. The second-order valence-corrected chi connectivity index (χ2v) is 11.2. The maximum Gasteiger partial charge on any atom is 0.262 e. The van der Waals surface area contributed by atoms with Crippen molar-refractivity contribution in [3.63, 3.8) is 0 Å². The highest BCUT2D eigenvalue weighted by atomic mass is 32.2. The summed E-state index contributed by atoms with van der Waals surface area (Å²) in [4.78, 5) is 0.547. The van der Waals surface area contributed by atoms with Crippen LogP contribution in [0.25, 0.3) is 10.8 Å². The number of thioether (sulfide) groups is 1. The number of ether oxygens (including phenoxy) is 1. The summed E-state index contributed by atoms with van der Waals surface area (Å²) < 4.78 is 35.4. The average Bonchev–Trinajstić information content (AvgIpc) is 3.09. The van der Waals surface area contributed by atoms with Crippen molar-refractivity contribution in [3.05, 3.63) is 66.9 Å². The Labute approximate surface area is 204 Å². The number of anilines is 1. The molecule has 0 unspecified atom stereocenters. The number of nitrogens with one attached hydrogen (secondary N) is 1. The van der Waals surface area contributed by atoms with E-state index in [0.29, 0.717) is 27.1 Å². The quantitative estimate of drug-likeness (QED) is 0.140. The molecule has 0 spiro atoms. The molecule has 0 saturated heterocycles. The van der Waals surface area contributed by atoms with E-state index < -0.39 is 10.0 Å². The summed E-state index contributed by atoms with van der Waals surface area (Å²) >= 11 is 1.18. The molecular formula is C26H29NO5S2. The number of fused-ring (bicyclic) bond motifs is 1. The molecular weight excluding hydrogens is 470 g/mol. The van der Waals surface area contributed by atoms with Gasteiger partial charge in [-0.3, -0.25) is 4.72 Å². The lowest BCUT2D eigenvalue weighted by Crippen LogP contribution is -2.16. The molecule has 1 aliphatic carbocycles. The minimum atomic E-state index is -3.92. The number of hydrogen-bond donors (Lipinski definition) is 3. The van der Waals surface area contributed by atoms with Crippen molar-refractivity contribution in [2.24, 2.45) is 0 Å². The van der Waals surface area contributed by atoms with E-state index in [1.807, 2.05) is 0 Å². The number of phenolic OH excluding ortho intramolecular Hbond substituents is 1. The van der Waals surface area contributed by atoms with Crippen molar-refractivity contribution in [1.82, 2.24) is 0 Å². The van der Waals surface area contributed by atoms with E-state index in [1.165, 1.54) is 30.7 Å². The van der Waals surface area contributed by atoms with Gasteiger partial charge in [0.05, 0.1) is 33.1 Å². The van der Waals surface area contributed by atoms with Gasteiger partial charge in [-0.2, -0.15) is 0 Å². The van der Waals surface area contributed by atoms with Gasteiger partial charge in [0.2, 0.25) is 0 Å². The Morgan fingerprint density at radius 1 is 1.03 bits per heavy atom. The Morgan fingerprint density at radius 3 is 2.44 bits per heavy atom. The third kappa shape index (κ3) is 5.80. The highest BCUT2D eigenvalue weighted by Crippen LogP contribution is 2.41. The first-order valence-electron chi connectivity index (χ1n) is 11.4. The Hall–Kier alpha value is -2.84. The zero-order valence-electron chi connectivity index (χ0n) is 18.9. The minimum Gasteiger partial charge on any atom is -0.512 e. The Morgan fingerprint density at radius 2 is 1.74 bits per heavy atom. The monoisotopic (exact) mass is 499 g/mol. The number of aromatic hydroxyl groups is 1. The van der Waals surface area contributed by atoms with Crippen LogP contribution in [0.3, 0.4) is 0 Å². The lowest BCUT2D eigenvalue weighted by molar-refractivity contribution is 0.183. The summed E-state index contributed by atoms with van der Waals surface area (Å²) in [6.07, 6.45) is 6.75. The summed E-state index contributed by atoms with van der Waals surface area (Å²) in [5.41, 5.74) is 0.342. The van der Waals surface area contributed by atoms with Crippen molar-refractivity contribution < 1.29 is 23.4 Å². The van der Waals surface area contributed by atoms with E-state index in [0.717, 1.165) is 25.7 Å². The minimum absolute atomic E-state index is 0.0311. The van der Waals surface area contributed by atoms with Crippen LogP contribution in [0, 0.1) is 0 Å². The van der Waals surface area contributed by atoms with Crippen LogP contribution in [0.15, 0.2) is 76.7 Å². The van der Waals surface area contributed by atoms with Gasteiger partial charge in [-0.15, -0.1) is 11.8 Å². The normalized spacial score (nSPS) is 15.1. The summed E-state index contributed by atoms with van der Waals surface area (Å²) in [6, 6.07) is 15.2. The molecule has 0 radical (unpaired) electrons. The van der Waals surface area contributed by atoms with Crippen molar-refractivity contribution in [2.75, 3.05) is 10.5 Å². The smallest absolute Gasteiger partial charge is 0.262 e. The largest absolute Gasteiger partial charge is 0.512 e. The van der Waals surface area contributed by atoms with Crippen LogP contribution in [0.5, 0.6) is 11.5 Å². The van der Waals surface area contributed by atoms with Crippen LogP contribution in [0.4, 0.5) is 5.69 Å². The molecule has 3 N–H and O–H groups in total. The Bertz CT molecular complexity index is 1280. The molecule has 0 heterocycles. The Kier molecular flexibility index (Phi) is 7.58. The van der Waals surface area contributed by atoms with E-state index in [1.54, 1.807) is 48.5 Å². The van der Waals surface area contributed by atoms with Gasteiger partial charge in [0.25, 0.3) is 10.0 Å². The topological polar surface area (TPSA) is 95.9 Å². The first kappa shape index (κ1) is 24.3. The molecule has 34 heavy (non-hydrogen) atoms. The molecule has 1 fully saturated rings. The molecule has 4 rings (SSSR count). The summed E-state index contributed by atoms with van der Waals surface area (Å²) in [7, 11) is -3.92. The molecule has 3 aromatic rings. The second kappa shape index (κ2) is 10.6. The first-order valence-corrected chi connectivity index (χ1v) is 13.8. The standard InChI is InChI=1S/C26H29NO5S2/c1-18(28)17-33-25-16-24(22-13-6-7-14-23(22)26(25)29)27-34(30,31)21-12-8-11-20(15-21)32-19-9-4-2-3-5-10-19/h6-8,11-16,19,27-29H,1-5,9-10,17H2. The molecule has 0 atom stereocenters. The SMILES string of the molecule is C=C(O)CSc1cc(NS(=O)(=O)c2cccc(OC3CCCCCC3)c2)c2ccccc2c1O. The van der Waals surface area contributed by atoms with Gasteiger partial charge in [-0.25, -0.2) is 8.42 Å². The van der Waals surface area contributed by atoms with Gasteiger partial charge in [0, 0.05) is 16.8 Å². The molecule has 1 aliphatic rings. The zero-order chi connectivity index (χ0) is 24.1. The number of hydrogen-bond acceptors (Lipinski definition) is 6. The van der Waals surface area contributed by atoms with E-state index in [4.69, 9.17) is 4.74 Å². The maximum absolute atomic E-state index is 13.3. The third-order valence-electron chi connectivity index (χ3n) is 5.84. The third-order valence-corrected chi connectivity index (χ3v) is 8.30. The highest BCUT2D eigenvalue weighted by molar-refractivity contribution is 7.99. The highest BCUT2D eigenvalue weighted by Gasteiger charge is 2.20. The van der Waals surface area contributed by atoms with Crippen LogP contribution in [0.2, 0.25) is 0 Å². The fourth-order valence-electron chi connectivity index (χ4n) is 4.16. The van der Waals surface area contributed by atoms with Crippen LogP contribution in [-0.2, 0) is 10.0 Å².